The molecular formula is C25H35NO3. The van der Waals surface area contributed by atoms with Gasteiger partial charge in [-0.3, -0.25) is 4.79 Å². The number of nitrogens with one attached hydrogen (secondary N) is 1. The van der Waals surface area contributed by atoms with Crippen LogP contribution >= 0.6 is 0 Å². The predicted octanol–water partition coefficient (Wildman–Crippen LogP) is 5.26. The third-order valence-electron chi connectivity index (χ3n) is 4.98. The van der Waals surface area contributed by atoms with E-state index in [1.807, 2.05) is 12.1 Å². The van der Waals surface area contributed by atoms with Crippen molar-refractivity contribution in [3.63, 3.8) is 0 Å². The van der Waals surface area contributed by atoms with Gasteiger partial charge in [0, 0.05) is 6.54 Å². The number of unbranched alkanes of at least 4 members (excludes halogenated alkanes) is 5. The molecule has 0 aliphatic heterocycles. The Balaban J connectivity index is 1.47. The average molecular weight is 398 g/mol. The second-order valence-corrected chi connectivity index (χ2v) is 7.50. The van der Waals surface area contributed by atoms with Crippen LogP contribution in [-0.4, -0.2) is 30.8 Å². The van der Waals surface area contributed by atoms with E-state index in [1.165, 1.54) is 49.7 Å². The lowest BCUT2D eigenvalue weighted by molar-refractivity contribution is -0.136. The summed E-state index contributed by atoms with van der Waals surface area (Å²) in [5, 5.41) is 11.8. The minimum atomic E-state index is -0.764. The summed E-state index contributed by atoms with van der Waals surface area (Å²) < 4.78 is 5.89. The van der Waals surface area contributed by atoms with Gasteiger partial charge in [-0.15, -0.1) is 0 Å². The Morgan fingerprint density at radius 3 is 2.31 bits per heavy atom. The molecule has 0 aromatic heterocycles. The van der Waals surface area contributed by atoms with Gasteiger partial charge in [-0.1, -0.05) is 68.1 Å². The molecule has 0 amide bonds. The Labute approximate surface area is 175 Å². The third-order valence-corrected chi connectivity index (χ3v) is 4.98. The maximum atomic E-state index is 10.5. The molecule has 0 aliphatic carbocycles. The van der Waals surface area contributed by atoms with E-state index in [-0.39, 0.29) is 6.42 Å². The molecule has 0 heterocycles. The van der Waals surface area contributed by atoms with Gasteiger partial charge in [0.2, 0.25) is 0 Å². The minimum Gasteiger partial charge on any atom is -0.494 e. The fraction of sp³-hybridized carbons (Fsp3) is 0.480. The van der Waals surface area contributed by atoms with Crippen LogP contribution in [0.4, 0.5) is 0 Å². The summed E-state index contributed by atoms with van der Waals surface area (Å²) in [6.07, 6.45) is 9.71. The molecular weight excluding hydrogens is 362 g/mol. The molecule has 0 radical (unpaired) electrons. The number of carboxylic acid groups (broad SMARTS) is 1. The van der Waals surface area contributed by atoms with Crippen molar-refractivity contribution in [1.82, 2.24) is 5.32 Å². The number of benzene rings is 2. The van der Waals surface area contributed by atoms with Crippen molar-refractivity contribution >= 4 is 5.97 Å². The van der Waals surface area contributed by atoms with Gasteiger partial charge < -0.3 is 15.2 Å². The first-order valence-corrected chi connectivity index (χ1v) is 10.9. The molecule has 0 bridgehead atoms. The molecule has 2 aromatic rings. The van der Waals surface area contributed by atoms with Crippen LogP contribution in [0.1, 0.15) is 56.1 Å². The Morgan fingerprint density at radius 1 is 0.793 bits per heavy atom. The summed E-state index contributed by atoms with van der Waals surface area (Å²) in [7, 11) is 0. The smallest absolute Gasteiger partial charge is 0.304 e. The SMILES string of the molecule is O=C(O)CCNCCc1cccc(OCCCCCCCCc2ccccc2)c1. The van der Waals surface area contributed by atoms with E-state index in [9.17, 15) is 4.79 Å². The summed E-state index contributed by atoms with van der Waals surface area (Å²) >= 11 is 0. The number of carboxylic acids is 1. The van der Waals surface area contributed by atoms with Crippen LogP contribution in [0.5, 0.6) is 5.75 Å². The van der Waals surface area contributed by atoms with Crippen molar-refractivity contribution < 1.29 is 14.6 Å². The second-order valence-electron chi connectivity index (χ2n) is 7.50. The number of hydrogen-bond donors (Lipinski definition) is 2. The van der Waals surface area contributed by atoms with Gasteiger partial charge in [0.25, 0.3) is 0 Å². The highest BCUT2D eigenvalue weighted by atomic mass is 16.5. The van der Waals surface area contributed by atoms with E-state index in [4.69, 9.17) is 9.84 Å². The standard InChI is InChI=1S/C25H35NO3/c27-25(28)17-19-26-18-16-23-14-10-15-24(21-23)29-20-9-4-2-1-3-6-11-22-12-7-5-8-13-22/h5,7-8,10,12-15,21,26H,1-4,6,9,11,16-20H2,(H,27,28). The Morgan fingerprint density at radius 2 is 1.52 bits per heavy atom. The molecule has 0 unspecified atom stereocenters. The first-order chi connectivity index (χ1) is 14.2. The summed E-state index contributed by atoms with van der Waals surface area (Å²) in [4.78, 5) is 10.5. The number of carbonyl (C=O) groups is 1. The number of rotatable bonds is 16. The van der Waals surface area contributed by atoms with Gasteiger partial charge in [0.15, 0.2) is 0 Å². The molecule has 2 rings (SSSR count). The van der Waals surface area contributed by atoms with E-state index in [0.29, 0.717) is 6.54 Å². The number of aryl methyl sites for hydroxylation is 1. The number of ether oxygens (including phenoxy) is 1. The Hall–Kier alpha value is -2.33. The first-order valence-electron chi connectivity index (χ1n) is 10.9. The molecule has 0 spiro atoms. The number of aliphatic carboxylic acids is 1. The van der Waals surface area contributed by atoms with Crippen molar-refractivity contribution in [3.8, 4) is 5.75 Å². The number of hydrogen-bond acceptors (Lipinski definition) is 3. The molecule has 0 saturated carbocycles. The summed E-state index contributed by atoms with van der Waals surface area (Å²) in [5.74, 6) is 0.163. The van der Waals surface area contributed by atoms with Crippen LogP contribution in [-0.2, 0) is 17.6 Å². The molecule has 2 N–H and O–H groups in total. The zero-order valence-corrected chi connectivity index (χ0v) is 17.4. The fourth-order valence-electron chi connectivity index (χ4n) is 3.32. The molecule has 4 nitrogen and oxygen atoms in total. The van der Waals surface area contributed by atoms with Gasteiger partial charge in [-0.05, 0) is 55.5 Å². The van der Waals surface area contributed by atoms with Crippen LogP contribution in [0, 0.1) is 0 Å². The van der Waals surface area contributed by atoms with Crippen molar-refractivity contribution in [2.45, 2.75) is 57.8 Å². The Kier molecular flexibility index (Phi) is 11.6. The molecule has 2 aromatic carbocycles. The molecule has 158 valence electrons. The highest BCUT2D eigenvalue weighted by molar-refractivity contribution is 5.66. The largest absolute Gasteiger partial charge is 0.494 e. The van der Waals surface area contributed by atoms with Crippen LogP contribution < -0.4 is 10.1 Å². The highest BCUT2D eigenvalue weighted by Gasteiger charge is 2.00. The van der Waals surface area contributed by atoms with Gasteiger partial charge >= 0.3 is 5.97 Å². The topological polar surface area (TPSA) is 58.6 Å². The Bertz CT molecular complexity index is 687. The summed E-state index contributed by atoms with van der Waals surface area (Å²) in [6, 6.07) is 18.9. The first kappa shape index (κ1) is 23.0. The van der Waals surface area contributed by atoms with Gasteiger partial charge in [-0.2, -0.15) is 0 Å². The van der Waals surface area contributed by atoms with Gasteiger partial charge in [0.1, 0.15) is 5.75 Å². The lowest BCUT2D eigenvalue weighted by Gasteiger charge is -2.09. The lowest BCUT2D eigenvalue weighted by Crippen LogP contribution is -2.20. The fourth-order valence-corrected chi connectivity index (χ4v) is 3.32. The summed E-state index contributed by atoms with van der Waals surface area (Å²) in [6.45, 7) is 2.06. The molecule has 4 heteroatoms. The van der Waals surface area contributed by atoms with Crippen molar-refractivity contribution in [3.05, 3.63) is 65.7 Å². The van der Waals surface area contributed by atoms with Gasteiger partial charge in [0.05, 0.1) is 13.0 Å². The van der Waals surface area contributed by atoms with Crippen molar-refractivity contribution in [1.29, 1.82) is 0 Å². The monoisotopic (exact) mass is 397 g/mol. The third kappa shape index (κ3) is 11.3. The lowest BCUT2D eigenvalue weighted by atomic mass is 10.1. The van der Waals surface area contributed by atoms with Crippen LogP contribution in [0.3, 0.4) is 0 Å². The van der Waals surface area contributed by atoms with E-state index in [2.05, 4.69) is 47.8 Å². The van der Waals surface area contributed by atoms with E-state index in [1.54, 1.807) is 0 Å². The second kappa shape index (κ2) is 14.6. The van der Waals surface area contributed by atoms with Crippen LogP contribution in [0.15, 0.2) is 54.6 Å². The zero-order valence-electron chi connectivity index (χ0n) is 17.4. The quantitative estimate of drug-likeness (QED) is 0.380. The molecule has 0 saturated heterocycles. The van der Waals surface area contributed by atoms with Crippen LogP contribution in [0.25, 0.3) is 0 Å². The zero-order chi connectivity index (χ0) is 20.6. The molecule has 0 fully saturated rings. The molecule has 29 heavy (non-hydrogen) atoms. The maximum Gasteiger partial charge on any atom is 0.304 e. The van der Waals surface area contributed by atoms with Crippen molar-refractivity contribution in [2.75, 3.05) is 19.7 Å². The van der Waals surface area contributed by atoms with E-state index in [0.717, 1.165) is 31.7 Å². The summed E-state index contributed by atoms with van der Waals surface area (Å²) in [5.41, 5.74) is 2.66. The van der Waals surface area contributed by atoms with Crippen LogP contribution in [0.2, 0.25) is 0 Å². The maximum absolute atomic E-state index is 10.5. The average Bonchev–Trinajstić information content (AvgIpc) is 2.73. The van der Waals surface area contributed by atoms with Gasteiger partial charge in [-0.25, -0.2) is 0 Å². The molecule has 0 aliphatic rings. The predicted molar refractivity (Wildman–Crippen MR) is 119 cm³/mol. The minimum absolute atomic E-state index is 0.163. The van der Waals surface area contributed by atoms with Crippen molar-refractivity contribution in [2.24, 2.45) is 0 Å². The van der Waals surface area contributed by atoms with E-state index < -0.39 is 5.97 Å². The highest BCUT2D eigenvalue weighted by Crippen LogP contribution is 2.15. The molecule has 0 atom stereocenters. The van der Waals surface area contributed by atoms with E-state index >= 15 is 0 Å². The normalized spacial score (nSPS) is 10.8.